The number of amides is 1. The largest absolute Gasteiger partial charge is 0.497 e. The molecule has 1 amide bonds. The molecule has 0 bridgehead atoms. The van der Waals surface area contributed by atoms with Crippen molar-refractivity contribution in [3.63, 3.8) is 0 Å². The molecule has 5 nitrogen and oxygen atoms in total. The number of aryl methyl sites for hydroxylation is 2. The van der Waals surface area contributed by atoms with E-state index < -0.39 is 0 Å². The molecular weight excluding hydrogens is 322 g/mol. The standard InChI is InChI=1S/C18H19N3O2S/c1-12-4-9-15(24-12)18(22)20-16(17-19-10-11-21(17)2)13-5-7-14(23-3)8-6-13/h4-11,16H,1-3H3,(H,20,22). The average molecular weight is 341 g/mol. The van der Waals surface area contributed by atoms with Gasteiger partial charge in [-0.05, 0) is 36.8 Å². The lowest BCUT2D eigenvalue weighted by molar-refractivity contribution is 0.0945. The number of nitrogens with zero attached hydrogens (tertiary/aromatic N) is 2. The number of rotatable bonds is 5. The van der Waals surface area contributed by atoms with Crippen molar-refractivity contribution in [2.75, 3.05) is 7.11 Å². The Hall–Kier alpha value is -2.60. The van der Waals surface area contributed by atoms with Crippen molar-refractivity contribution in [2.45, 2.75) is 13.0 Å². The van der Waals surface area contributed by atoms with Gasteiger partial charge < -0.3 is 14.6 Å². The van der Waals surface area contributed by atoms with Gasteiger partial charge in [0.25, 0.3) is 5.91 Å². The lowest BCUT2D eigenvalue weighted by Crippen LogP contribution is -2.30. The van der Waals surface area contributed by atoms with Crippen molar-refractivity contribution in [1.82, 2.24) is 14.9 Å². The van der Waals surface area contributed by atoms with E-state index in [4.69, 9.17) is 4.74 Å². The van der Waals surface area contributed by atoms with Crippen LogP contribution < -0.4 is 10.1 Å². The summed E-state index contributed by atoms with van der Waals surface area (Å²) in [6.07, 6.45) is 3.60. The fourth-order valence-electron chi connectivity index (χ4n) is 2.51. The maximum atomic E-state index is 12.6. The first-order chi connectivity index (χ1) is 11.6. The van der Waals surface area contributed by atoms with Gasteiger partial charge in [-0.25, -0.2) is 4.98 Å². The quantitative estimate of drug-likeness (QED) is 0.774. The summed E-state index contributed by atoms with van der Waals surface area (Å²) in [6.45, 7) is 1.99. The number of methoxy groups -OCH3 is 1. The van der Waals surface area contributed by atoms with Gasteiger partial charge in [-0.15, -0.1) is 11.3 Å². The highest BCUT2D eigenvalue weighted by Gasteiger charge is 2.22. The molecule has 3 aromatic rings. The molecular formula is C18H19N3O2S. The minimum Gasteiger partial charge on any atom is -0.497 e. The Balaban J connectivity index is 1.93. The number of benzene rings is 1. The Morgan fingerprint density at radius 3 is 2.54 bits per heavy atom. The third-order valence-corrected chi connectivity index (χ3v) is 4.80. The van der Waals surface area contributed by atoms with Crippen LogP contribution in [0.1, 0.15) is 32.0 Å². The van der Waals surface area contributed by atoms with Gasteiger partial charge >= 0.3 is 0 Å². The summed E-state index contributed by atoms with van der Waals surface area (Å²) in [5.41, 5.74) is 0.951. The molecule has 1 unspecified atom stereocenters. The number of ether oxygens (including phenoxy) is 1. The molecule has 0 saturated heterocycles. The van der Waals surface area contributed by atoms with E-state index in [1.807, 2.05) is 61.1 Å². The molecule has 1 N–H and O–H groups in total. The van der Waals surface area contributed by atoms with Crippen LogP contribution in [0.15, 0.2) is 48.8 Å². The number of carbonyl (C=O) groups is 1. The fraction of sp³-hybridized carbons (Fsp3) is 0.222. The van der Waals surface area contributed by atoms with E-state index in [9.17, 15) is 4.79 Å². The second-order valence-corrected chi connectivity index (χ2v) is 6.77. The lowest BCUT2D eigenvalue weighted by atomic mass is 10.1. The van der Waals surface area contributed by atoms with Gasteiger partial charge in [-0.1, -0.05) is 12.1 Å². The topological polar surface area (TPSA) is 56.1 Å². The minimum absolute atomic E-state index is 0.100. The van der Waals surface area contributed by atoms with Gasteiger partial charge in [0.2, 0.25) is 0 Å². The van der Waals surface area contributed by atoms with E-state index >= 15 is 0 Å². The maximum Gasteiger partial charge on any atom is 0.262 e. The number of thiophene rings is 1. The van der Waals surface area contributed by atoms with Crippen LogP contribution in [0.2, 0.25) is 0 Å². The van der Waals surface area contributed by atoms with Crippen molar-refractivity contribution in [3.8, 4) is 5.75 Å². The average Bonchev–Trinajstić information content (AvgIpc) is 3.21. The van der Waals surface area contributed by atoms with E-state index in [-0.39, 0.29) is 11.9 Å². The van der Waals surface area contributed by atoms with Crippen molar-refractivity contribution >= 4 is 17.2 Å². The second kappa shape index (κ2) is 6.88. The highest BCUT2D eigenvalue weighted by atomic mass is 32.1. The van der Waals surface area contributed by atoms with Crippen LogP contribution in [-0.4, -0.2) is 22.6 Å². The van der Waals surface area contributed by atoms with Crippen molar-refractivity contribution in [1.29, 1.82) is 0 Å². The van der Waals surface area contributed by atoms with Crippen molar-refractivity contribution in [2.24, 2.45) is 7.05 Å². The molecule has 6 heteroatoms. The summed E-state index contributed by atoms with van der Waals surface area (Å²) in [6, 6.07) is 11.1. The van der Waals surface area contributed by atoms with E-state index in [1.165, 1.54) is 11.3 Å². The van der Waals surface area contributed by atoms with Crippen molar-refractivity contribution in [3.05, 3.63) is 69.9 Å². The zero-order valence-corrected chi connectivity index (χ0v) is 14.6. The molecule has 3 rings (SSSR count). The molecule has 0 saturated carbocycles. The zero-order valence-electron chi connectivity index (χ0n) is 13.8. The molecule has 0 spiro atoms. The Bertz CT molecular complexity index is 836. The summed E-state index contributed by atoms with van der Waals surface area (Å²) in [4.78, 5) is 18.8. The van der Waals surface area contributed by atoms with Gasteiger partial charge in [-0.3, -0.25) is 4.79 Å². The van der Waals surface area contributed by atoms with Gasteiger partial charge in [0, 0.05) is 24.3 Å². The predicted molar refractivity (Wildman–Crippen MR) is 94.6 cm³/mol. The number of carbonyl (C=O) groups excluding carboxylic acids is 1. The first-order valence-corrected chi connectivity index (χ1v) is 8.38. The summed E-state index contributed by atoms with van der Waals surface area (Å²) in [7, 11) is 3.55. The first-order valence-electron chi connectivity index (χ1n) is 7.57. The third kappa shape index (κ3) is 3.33. The normalized spacial score (nSPS) is 12.0. The molecule has 124 valence electrons. The number of nitrogens with one attached hydrogen (secondary N) is 1. The van der Waals surface area contributed by atoms with E-state index in [2.05, 4.69) is 10.3 Å². The summed E-state index contributed by atoms with van der Waals surface area (Å²) < 4.78 is 7.12. The third-order valence-electron chi connectivity index (χ3n) is 3.81. The summed E-state index contributed by atoms with van der Waals surface area (Å²) in [5, 5.41) is 3.09. The predicted octanol–water partition coefficient (Wildman–Crippen LogP) is 3.32. The van der Waals surface area contributed by atoms with Crippen LogP contribution in [0.4, 0.5) is 0 Å². The SMILES string of the molecule is COc1ccc(C(NC(=O)c2ccc(C)s2)c2nccn2C)cc1. The van der Waals surface area contributed by atoms with Gasteiger partial charge in [0.15, 0.2) is 0 Å². The van der Waals surface area contributed by atoms with Gasteiger partial charge in [0.05, 0.1) is 12.0 Å². The number of aromatic nitrogens is 2. The smallest absolute Gasteiger partial charge is 0.262 e. The Morgan fingerprint density at radius 1 is 1.25 bits per heavy atom. The van der Waals surface area contributed by atoms with Crippen LogP contribution in [0.25, 0.3) is 0 Å². The van der Waals surface area contributed by atoms with Crippen LogP contribution in [-0.2, 0) is 7.05 Å². The zero-order chi connectivity index (χ0) is 17.1. The fourth-order valence-corrected chi connectivity index (χ4v) is 3.28. The maximum absolute atomic E-state index is 12.6. The number of hydrogen-bond acceptors (Lipinski definition) is 4. The van der Waals surface area contributed by atoms with E-state index in [0.717, 1.165) is 22.0 Å². The summed E-state index contributed by atoms with van der Waals surface area (Å²) in [5.74, 6) is 1.45. The van der Waals surface area contributed by atoms with Crippen LogP contribution in [0.5, 0.6) is 5.75 Å². The molecule has 24 heavy (non-hydrogen) atoms. The van der Waals surface area contributed by atoms with Crippen LogP contribution in [0.3, 0.4) is 0 Å². The Kier molecular flexibility index (Phi) is 4.66. The molecule has 2 aromatic heterocycles. The lowest BCUT2D eigenvalue weighted by Gasteiger charge is -2.19. The van der Waals surface area contributed by atoms with Crippen LogP contribution >= 0.6 is 11.3 Å². The number of imidazole rings is 1. The highest BCUT2D eigenvalue weighted by molar-refractivity contribution is 7.13. The molecule has 1 atom stereocenters. The molecule has 2 heterocycles. The van der Waals surface area contributed by atoms with Gasteiger partial charge in [-0.2, -0.15) is 0 Å². The van der Waals surface area contributed by atoms with Crippen molar-refractivity contribution < 1.29 is 9.53 Å². The Labute approximate surface area is 144 Å². The molecule has 0 aliphatic rings. The van der Waals surface area contributed by atoms with E-state index in [1.54, 1.807) is 13.3 Å². The van der Waals surface area contributed by atoms with E-state index in [0.29, 0.717) is 4.88 Å². The summed E-state index contributed by atoms with van der Waals surface area (Å²) >= 11 is 1.48. The molecule has 0 radical (unpaired) electrons. The first kappa shape index (κ1) is 16.3. The minimum atomic E-state index is -0.328. The Morgan fingerprint density at radius 2 is 2.00 bits per heavy atom. The highest BCUT2D eigenvalue weighted by Crippen LogP contribution is 2.24. The molecule has 0 aliphatic heterocycles. The van der Waals surface area contributed by atoms with Gasteiger partial charge in [0.1, 0.15) is 17.6 Å². The van der Waals surface area contributed by atoms with Crippen LogP contribution in [0, 0.1) is 6.92 Å². The molecule has 0 fully saturated rings. The molecule has 0 aliphatic carbocycles. The second-order valence-electron chi connectivity index (χ2n) is 5.49. The monoisotopic (exact) mass is 341 g/mol. The number of hydrogen-bond donors (Lipinski definition) is 1. The molecule has 1 aromatic carbocycles.